The molecule has 0 spiro atoms. The summed E-state index contributed by atoms with van der Waals surface area (Å²) in [5, 5.41) is 8.06. The zero-order chi connectivity index (χ0) is 86.4. The van der Waals surface area contributed by atoms with Crippen LogP contribution in [0, 0.1) is 23.7 Å². The second kappa shape index (κ2) is 322. The van der Waals surface area contributed by atoms with Gasteiger partial charge in [-0.3, -0.25) is 4.79 Å². The molecule has 26 heteroatoms. The first-order chi connectivity index (χ1) is 47.0. The first-order valence-corrected chi connectivity index (χ1v) is 32.8. The van der Waals surface area contributed by atoms with E-state index in [2.05, 4.69) is 201 Å². The Balaban J connectivity index is -0.0000000183. The highest BCUT2D eigenvalue weighted by Gasteiger charge is 2.11. The molecule has 1 aliphatic rings. The van der Waals surface area contributed by atoms with Crippen molar-refractivity contribution in [1.29, 1.82) is 0 Å². The molecule has 1 saturated heterocycles. The van der Waals surface area contributed by atoms with E-state index in [1.54, 1.807) is 20.8 Å². The van der Waals surface area contributed by atoms with Gasteiger partial charge in [0, 0.05) is 32.7 Å². The van der Waals surface area contributed by atoms with Gasteiger partial charge in [-0.2, -0.15) is 0 Å². The summed E-state index contributed by atoms with van der Waals surface area (Å²) < 4.78 is 5.23. The summed E-state index contributed by atoms with van der Waals surface area (Å²) in [6.45, 7) is 80.9. The maximum absolute atomic E-state index is 10.7. The van der Waals surface area contributed by atoms with E-state index < -0.39 is 0 Å². The summed E-state index contributed by atoms with van der Waals surface area (Å²) in [5.74, 6) is 3.77. The minimum atomic E-state index is -0.167. The minimum absolute atomic E-state index is 0. The molecule has 3 rings (SSSR count). The molecule has 1 aliphatic heterocycles. The van der Waals surface area contributed by atoms with Gasteiger partial charge in [-0.15, -0.1) is 0 Å². The Labute approximate surface area is 641 Å². The summed E-state index contributed by atoms with van der Waals surface area (Å²) >= 11 is 0. The van der Waals surface area contributed by atoms with E-state index in [-0.39, 0.29) is 48.4 Å². The average molecular weight is 1510 g/mol. The van der Waals surface area contributed by atoms with Crippen molar-refractivity contribution in [3.63, 3.8) is 0 Å². The number of nitrogens with two attached hydrogens (primary N) is 6. The third kappa shape index (κ3) is 563. The van der Waals surface area contributed by atoms with Crippen molar-refractivity contribution in [2.75, 3.05) is 62.0 Å². The lowest BCUT2D eigenvalue weighted by Crippen LogP contribution is -2.33. The van der Waals surface area contributed by atoms with E-state index >= 15 is 0 Å². The number of piperidine rings is 1. The number of aliphatic hydroxyl groups is 1. The Morgan fingerprint density at radius 1 is 0.398 bits per heavy atom. The summed E-state index contributed by atoms with van der Waals surface area (Å²) in [6.07, 6.45) is 15.0. The Morgan fingerprint density at radius 3 is 0.602 bits per heavy atom. The van der Waals surface area contributed by atoms with Gasteiger partial charge in [-0.05, 0) is 165 Å². The highest BCUT2D eigenvalue weighted by atomic mass is 16.5. The molecule has 642 valence electrons. The molecule has 0 bridgehead atoms. The number of likely N-dealkylation sites (tertiary alicyclic amines) is 1. The molecule has 0 atom stereocenters. The number of ether oxygens (including phenoxy) is 1. The molecule has 0 aromatic heterocycles. The van der Waals surface area contributed by atoms with Crippen LogP contribution in [0.5, 0.6) is 0 Å². The third-order valence-corrected chi connectivity index (χ3v) is 8.48. The third-order valence-electron chi connectivity index (χ3n) is 8.48. The predicted molar refractivity (Wildman–Crippen MR) is 464 cm³/mol. The number of aryl methyl sites for hydroxylation is 2. The zero-order valence-electron chi connectivity index (χ0n) is 74.3. The van der Waals surface area contributed by atoms with E-state index in [1.807, 2.05) is 152 Å². The van der Waals surface area contributed by atoms with Gasteiger partial charge in [-0.25, -0.2) is 0 Å². The zero-order valence-corrected chi connectivity index (χ0v) is 74.3. The van der Waals surface area contributed by atoms with Crippen LogP contribution in [0.3, 0.4) is 0 Å². The van der Waals surface area contributed by atoms with Crippen LogP contribution < -0.4 is 65.2 Å². The van der Waals surface area contributed by atoms with Crippen LogP contribution in [0.1, 0.15) is 243 Å². The lowest BCUT2D eigenvalue weighted by molar-refractivity contribution is -0.129. The molecule has 1 amide bonds. The molecule has 0 aliphatic carbocycles. The van der Waals surface area contributed by atoms with E-state index in [9.17, 15) is 4.79 Å². The van der Waals surface area contributed by atoms with Crippen molar-refractivity contribution in [3.05, 3.63) is 83.9 Å². The number of allylic oxidation sites excluding steroid dienone is 2. The molecule has 26 nitrogen and oxygen atoms in total. The number of carbonyl (C=O) groups is 12. The predicted octanol–water partition coefficient (Wildman–Crippen LogP) is 15.8. The second-order valence-corrected chi connectivity index (χ2v) is 17.8. The molecule has 0 unspecified atom stereocenters. The molecule has 103 heavy (non-hydrogen) atoms. The van der Waals surface area contributed by atoms with Crippen molar-refractivity contribution < 1.29 is 67.4 Å². The van der Waals surface area contributed by atoms with Gasteiger partial charge >= 0.3 is 0 Å². The molecule has 2 aromatic carbocycles. The summed E-state index contributed by atoms with van der Waals surface area (Å²) in [7, 11) is 9.00. The maximum Gasteiger partial charge on any atom is 0.219 e. The molecular formula is C77H190N12O14. The lowest BCUT2D eigenvalue weighted by Gasteiger charge is -2.24. The van der Waals surface area contributed by atoms with Crippen LogP contribution in [0.25, 0.3) is 0 Å². The van der Waals surface area contributed by atoms with Crippen LogP contribution >= 0.6 is 0 Å². The number of aliphatic hydroxyl groups excluding tert-OH is 1. The molecule has 28 N–H and O–H groups in total. The fourth-order valence-corrected chi connectivity index (χ4v) is 3.07. The van der Waals surface area contributed by atoms with Gasteiger partial charge in [0.2, 0.25) is 5.91 Å². The van der Waals surface area contributed by atoms with Crippen LogP contribution in [0.15, 0.2) is 72.8 Å². The molecule has 2 aromatic rings. The van der Waals surface area contributed by atoms with Crippen LogP contribution in [0.4, 0.5) is 0 Å². The van der Waals surface area contributed by atoms with Crippen LogP contribution in [-0.2, 0) is 75.1 Å². The highest BCUT2D eigenvalue weighted by Crippen LogP contribution is 2.08. The highest BCUT2D eigenvalue weighted by molar-refractivity contribution is 5.73. The number of hydrogen-bond donors (Lipinski definition) is 12. The SMILES string of the molecule is C/C=C\C.C=O.C=O.C=O.C=O.C=O.C=O.C=O.C=O.C=O.C=O.C=O.CC.CC.CC(=O)N1CCCCC1.CC(C)O.CCC(C)C.CCC(C)C.CCC(C)C.CCC(C)C.CCOC(C)(C)C.CCc1ccccc1.CCc1ccccc1.CN.CN.CN.CN.CN.CN.N.N.N.N.N. The Hall–Kier alpha value is -6.50. The van der Waals surface area contributed by atoms with Crippen molar-refractivity contribution in [1.82, 2.24) is 35.7 Å². The van der Waals surface area contributed by atoms with E-state index in [4.69, 9.17) is 62.6 Å². The van der Waals surface area contributed by atoms with Crippen LogP contribution in [-0.4, -0.2) is 164 Å². The number of amides is 1. The van der Waals surface area contributed by atoms with Crippen molar-refractivity contribution >= 4 is 80.6 Å². The Bertz CT molecular complexity index is 1180. The van der Waals surface area contributed by atoms with Gasteiger partial charge in [-0.1, -0.05) is 223 Å². The quantitative estimate of drug-likeness (QED) is 0.115. The van der Waals surface area contributed by atoms with Crippen molar-refractivity contribution in [3.8, 4) is 0 Å². The number of benzene rings is 2. The fraction of sp³-hybridized carbons (Fsp3) is 0.662. The number of rotatable bonds is 7. The van der Waals surface area contributed by atoms with Gasteiger partial charge in [0.15, 0.2) is 0 Å². The second-order valence-electron chi connectivity index (χ2n) is 17.8. The van der Waals surface area contributed by atoms with Crippen molar-refractivity contribution in [2.45, 2.75) is 256 Å². The van der Waals surface area contributed by atoms with Gasteiger partial charge in [0.05, 0.1) is 5.60 Å². The van der Waals surface area contributed by atoms with Gasteiger partial charge in [0.1, 0.15) is 74.7 Å². The number of nitrogens with zero attached hydrogens (tertiary/aromatic N) is 1. The van der Waals surface area contributed by atoms with Crippen LogP contribution in [0.2, 0.25) is 0 Å². The summed E-state index contributed by atoms with van der Waals surface area (Å²) in [6, 6.07) is 20.9. The Kier molecular flexibility index (Phi) is 640. The standard InChI is InChI=1S/2C8H10.C7H13NO.C6H14O.4C5H12.C4H8.C3H8O.2C2H6.6CH5N.11CH2O.5H3N/c2*1-2-8-6-4-3-5-7-8;1-7(9)8-5-3-2-4-6-8;1-5-7-6(2,3)4;4*1-4-5(2)3;1-3-4-2;1-3(2)4;19*1-2;;;;;/h2*3-7H,2H2,1H3;2-6H2,1H3;5H2,1-4H3;4*5H,4H2,1-3H3;2*3-4H,1-2H3;2*1-2H3;6*2H2,1H3;11*1H2;5*1H3/b;;;;;;;;4-3-;;;;;;;;;;;;;;;;;;;;;;;;;. The largest absolute Gasteiger partial charge is 0.394 e. The minimum Gasteiger partial charge on any atom is -0.394 e. The number of hydrogen-bond acceptors (Lipinski definition) is 25. The topological polar surface area (TPSA) is 569 Å². The van der Waals surface area contributed by atoms with E-state index in [1.165, 1.54) is 98.4 Å². The Morgan fingerprint density at radius 2 is 0.544 bits per heavy atom. The fourth-order valence-electron chi connectivity index (χ4n) is 3.07. The molecule has 0 saturated carbocycles. The maximum atomic E-state index is 10.7. The lowest BCUT2D eigenvalue weighted by atomic mass is 10.1. The monoisotopic (exact) mass is 1510 g/mol. The summed E-state index contributed by atoms with van der Waals surface area (Å²) in [4.78, 5) is 101. The van der Waals surface area contributed by atoms with Gasteiger partial charge in [0.25, 0.3) is 0 Å². The number of carbonyl (C=O) groups excluding carboxylic acids is 12. The first kappa shape index (κ1) is 205. The summed E-state index contributed by atoms with van der Waals surface area (Å²) in [5.41, 5.74) is 29.9. The first-order valence-electron chi connectivity index (χ1n) is 32.8. The molecule has 1 heterocycles. The smallest absolute Gasteiger partial charge is 0.219 e. The van der Waals surface area contributed by atoms with Gasteiger partial charge < -0.3 is 133 Å². The molecule has 0 radical (unpaired) electrons. The van der Waals surface area contributed by atoms with Crippen molar-refractivity contribution in [2.24, 2.45) is 58.1 Å². The van der Waals surface area contributed by atoms with E-state index in [0.29, 0.717) is 0 Å². The van der Waals surface area contributed by atoms with E-state index in [0.717, 1.165) is 56.2 Å². The molecular weight excluding hydrogens is 1320 g/mol. The molecule has 1 fully saturated rings. The normalized spacial score (nSPS) is 7.45. The average Bonchev–Trinajstić information content (AvgIpc) is 1.03.